The molecule has 0 saturated carbocycles. The van der Waals surface area contributed by atoms with Gasteiger partial charge >= 0.3 is 0 Å². The third-order valence-electron chi connectivity index (χ3n) is 3.78. The number of allylic oxidation sites excluding steroid dienone is 1. The minimum atomic E-state index is -3.50. The first-order valence-electron chi connectivity index (χ1n) is 7.71. The summed E-state index contributed by atoms with van der Waals surface area (Å²) in [7, 11) is -3.50. The minimum Gasteiger partial charge on any atom is -0.300 e. The second kappa shape index (κ2) is 7.23. The Bertz CT molecular complexity index is 743. The summed E-state index contributed by atoms with van der Waals surface area (Å²) in [5.74, 6) is 0.141. The fourth-order valence-electron chi connectivity index (χ4n) is 2.56. The number of nitrogens with zero attached hydrogens (tertiary/aromatic N) is 1. The summed E-state index contributed by atoms with van der Waals surface area (Å²) < 4.78 is 27.1. The lowest BCUT2D eigenvalue weighted by molar-refractivity contribution is -0.116. The molecule has 1 aliphatic rings. The third kappa shape index (κ3) is 4.62. The number of ketones is 1. The van der Waals surface area contributed by atoms with Crippen LogP contribution in [0.5, 0.6) is 0 Å². The zero-order chi connectivity index (χ0) is 17.0. The Kier molecular flexibility index (Phi) is 5.55. The standard InChI is InChI=1S/C18H23NO3S/c1-14-7-9-18(10-8-14)23(21,22)19-12-15(2)11-17(13-19)6-4-5-16(3)20/h6-11H,4-5,12-13H2,1-3H3/b17-6-. The van der Waals surface area contributed by atoms with Gasteiger partial charge in [0.05, 0.1) is 4.90 Å². The molecule has 1 aromatic rings. The van der Waals surface area contributed by atoms with E-state index in [-0.39, 0.29) is 5.78 Å². The minimum absolute atomic E-state index is 0.141. The Morgan fingerprint density at radius 1 is 1.17 bits per heavy atom. The smallest absolute Gasteiger partial charge is 0.243 e. The van der Waals surface area contributed by atoms with Crippen LogP contribution < -0.4 is 0 Å². The van der Waals surface area contributed by atoms with Crippen LogP contribution in [0.2, 0.25) is 0 Å². The molecular weight excluding hydrogens is 310 g/mol. The van der Waals surface area contributed by atoms with E-state index < -0.39 is 10.0 Å². The van der Waals surface area contributed by atoms with E-state index >= 15 is 0 Å². The van der Waals surface area contributed by atoms with Crippen molar-refractivity contribution in [1.29, 1.82) is 0 Å². The van der Waals surface area contributed by atoms with E-state index in [0.29, 0.717) is 30.8 Å². The van der Waals surface area contributed by atoms with Gasteiger partial charge in [-0.25, -0.2) is 8.42 Å². The summed E-state index contributed by atoms with van der Waals surface area (Å²) in [5.41, 5.74) is 2.98. The molecule has 1 heterocycles. The van der Waals surface area contributed by atoms with E-state index in [4.69, 9.17) is 0 Å². The number of hydrogen-bond acceptors (Lipinski definition) is 3. The van der Waals surface area contributed by atoms with Crippen LogP contribution in [0, 0.1) is 6.92 Å². The molecule has 0 atom stereocenters. The Labute approximate surface area is 138 Å². The summed E-state index contributed by atoms with van der Waals surface area (Å²) in [6.45, 7) is 6.18. The maximum atomic E-state index is 12.8. The molecule has 1 aliphatic heterocycles. The first-order valence-corrected chi connectivity index (χ1v) is 9.15. The van der Waals surface area contributed by atoms with Crippen molar-refractivity contribution in [2.45, 2.75) is 38.5 Å². The van der Waals surface area contributed by atoms with Gasteiger partial charge in [0.2, 0.25) is 10.0 Å². The molecule has 0 amide bonds. The zero-order valence-electron chi connectivity index (χ0n) is 13.9. The highest BCUT2D eigenvalue weighted by atomic mass is 32.2. The third-order valence-corrected chi connectivity index (χ3v) is 5.58. The topological polar surface area (TPSA) is 54.5 Å². The van der Waals surface area contributed by atoms with Crippen LogP contribution in [-0.4, -0.2) is 31.6 Å². The second-order valence-corrected chi connectivity index (χ2v) is 8.03. The van der Waals surface area contributed by atoms with Crippen LogP contribution in [0.1, 0.15) is 32.3 Å². The quantitative estimate of drug-likeness (QED) is 0.831. The number of carbonyl (C=O) groups is 1. The van der Waals surface area contributed by atoms with Gasteiger partial charge in [-0.1, -0.05) is 35.4 Å². The normalized spacial score (nSPS) is 18.0. The maximum Gasteiger partial charge on any atom is 0.243 e. The van der Waals surface area contributed by atoms with Crippen molar-refractivity contribution in [3.05, 3.63) is 53.1 Å². The Hall–Kier alpha value is -1.72. The van der Waals surface area contributed by atoms with E-state index in [0.717, 1.165) is 16.7 Å². The first kappa shape index (κ1) is 17.6. The van der Waals surface area contributed by atoms with Crippen molar-refractivity contribution >= 4 is 15.8 Å². The lowest BCUT2D eigenvalue weighted by atomic mass is 10.1. The zero-order valence-corrected chi connectivity index (χ0v) is 14.7. The van der Waals surface area contributed by atoms with E-state index in [1.165, 1.54) is 4.31 Å². The van der Waals surface area contributed by atoms with Gasteiger partial charge in [-0.15, -0.1) is 0 Å². The van der Waals surface area contributed by atoms with Crippen molar-refractivity contribution in [3.8, 4) is 0 Å². The number of aryl methyl sites for hydroxylation is 1. The summed E-state index contributed by atoms with van der Waals surface area (Å²) in [4.78, 5) is 11.4. The van der Waals surface area contributed by atoms with Crippen LogP contribution in [0.3, 0.4) is 0 Å². The predicted molar refractivity (Wildman–Crippen MR) is 91.7 cm³/mol. The van der Waals surface area contributed by atoms with Crippen LogP contribution >= 0.6 is 0 Å². The molecule has 0 spiro atoms. The van der Waals surface area contributed by atoms with Crippen molar-refractivity contribution in [2.24, 2.45) is 0 Å². The first-order chi connectivity index (χ1) is 10.8. The summed E-state index contributed by atoms with van der Waals surface area (Å²) >= 11 is 0. The second-order valence-electron chi connectivity index (χ2n) is 6.10. The van der Waals surface area contributed by atoms with E-state index in [9.17, 15) is 13.2 Å². The average molecular weight is 333 g/mol. The number of carbonyl (C=O) groups excluding carboxylic acids is 1. The number of hydrogen-bond donors (Lipinski definition) is 0. The highest BCUT2D eigenvalue weighted by molar-refractivity contribution is 7.89. The van der Waals surface area contributed by atoms with Crippen LogP contribution in [0.4, 0.5) is 0 Å². The van der Waals surface area contributed by atoms with E-state index in [1.807, 2.05) is 38.1 Å². The fraction of sp³-hybridized carbons (Fsp3) is 0.389. The van der Waals surface area contributed by atoms with Crippen LogP contribution in [0.15, 0.2) is 52.5 Å². The summed E-state index contributed by atoms with van der Waals surface area (Å²) in [5, 5.41) is 0. The van der Waals surface area contributed by atoms with E-state index in [2.05, 4.69) is 0 Å². The fourth-order valence-corrected chi connectivity index (χ4v) is 4.03. The molecule has 124 valence electrons. The van der Waals surface area contributed by atoms with E-state index in [1.54, 1.807) is 19.1 Å². The number of Topliss-reactive ketones (excluding diaryl/α,β-unsaturated/α-hetero) is 1. The molecule has 0 saturated heterocycles. The molecule has 0 aliphatic carbocycles. The Balaban J connectivity index is 2.21. The SMILES string of the molecule is CC(=O)CC/C=C1/C=C(C)CN(S(=O)(=O)c2ccc(C)cc2)C1. The molecule has 0 N–H and O–H groups in total. The highest BCUT2D eigenvalue weighted by Crippen LogP contribution is 2.23. The molecule has 1 aromatic carbocycles. The average Bonchev–Trinajstić information content (AvgIpc) is 2.46. The van der Waals surface area contributed by atoms with Crippen molar-refractivity contribution in [2.75, 3.05) is 13.1 Å². The van der Waals surface area contributed by atoms with Gasteiger partial charge in [0.15, 0.2) is 0 Å². The molecule has 23 heavy (non-hydrogen) atoms. The molecular formula is C18H23NO3S. The van der Waals surface area contributed by atoms with Crippen molar-refractivity contribution < 1.29 is 13.2 Å². The predicted octanol–water partition coefficient (Wildman–Crippen LogP) is 3.24. The highest BCUT2D eigenvalue weighted by Gasteiger charge is 2.27. The Morgan fingerprint density at radius 3 is 2.43 bits per heavy atom. The molecule has 0 radical (unpaired) electrons. The number of sulfonamides is 1. The molecule has 0 aromatic heterocycles. The van der Waals surface area contributed by atoms with Crippen molar-refractivity contribution in [1.82, 2.24) is 4.31 Å². The van der Waals surface area contributed by atoms with Gasteiger partial charge in [0.25, 0.3) is 0 Å². The Morgan fingerprint density at radius 2 is 1.83 bits per heavy atom. The summed E-state index contributed by atoms with van der Waals surface area (Å²) in [6, 6.07) is 6.92. The number of rotatable bonds is 5. The maximum absolute atomic E-state index is 12.8. The van der Waals surface area contributed by atoms with Gasteiger partial charge in [-0.3, -0.25) is 0 Å². The van der Waals surface area contributed by atoms with Crippen molar-refractivity contribution in [3.63, 3.8) is 0 Å². The van der Waals surface area contributed by atoms with Gasteiger partial charge < -0.3 is 4.79 Å². The molecule has 4 nitrogen and oxygen atoms in total. The number of benzene rings is 1. The summed E-state index contributed by atoms with van der Waals surface area (Å²) in [6.07, 6.45) is 5.11. The lowest BCUT2D eigenvalue weighted by Gasteiger charge is -2.27. The molecule has 0 bridgehead atoms. The van der Waals surface area contributed by atoms with Gasteiger partial charge in [-0.05, 0) is 44.9 Å². The lowest BCUT2D eigenvalue weighted by Crippen LogP contribution is -2.36. The molecule has 5 heteroatoms. The monoisotopic (exact) mass is 333 g/mol. The van der Waals surface area contributed by atoms with Gasteiger partial charge in [-0.2, -0.15) is 4.31 Å². The largest absolute Gasteiger partial charge is 0.300 e. The molecule has 2 rings (SSSR count). The van der Waals surface area contributed by atoms with Crippen LogP contribution in [-0.2, 0) is 14.8 Å². The molecule has 0 unspecified atom stereocenters. The van der Waals surface area contributed by atoms with Gasteiger partial charge in [0, 0.05) is 19.5 Å². The van der Waals surface area contributed by atoms with Crippen LogP contribution in [0.25, 0.3) is 0 Å². The molecule has 0 fully saturated rings. The van der Waals surface area contributed by atoms with Gasteiger partial charge in [0.1, 0.15) is 5.78 Å².